The lowest BCUT2D eigenvalue weighted by Gasteiger charge is -2.06. The van der Waals surface area contributed by atoms with Crippen molar-refractivity contribution in [2.45, 2.75) is 19.8 Å². The lowest BCUT2D eigenvalue weighted by molar-refractivity contribution is 0.867. The van der Waals surface area contributed by atoms with Gasteiger partial charge in [0.25, 0.3) is 0 Å². The van der Waals surface area contributed by atoms with E-state index < -0.39 is 0 Å². The maximum atomic E-state index is 4.29. The maximum absolute atomic E-state index is 4.29. The van der Waals surface area contributed by atoms with Crippen LogP contribution in [-0.4, -0.2) is 9.38 Å². The predicted octanol–water partition coefficient (Wildman–Crippen LogP) is 4.19. The Kier molecular flexibility index (Phi) is 2.48. The summed E-state index contributed by atoms with van der Waals surface area (Å²) in [7, 11) is 0. The molecule has 0 aliphatic carbocycles. The lowest BCUT2D eigenvalue weighted by Crippen LogP contribution is -1.88. The van der Waals surface area contributed by atoms with Crippen molar-refractivity contribution in [1.29, 1.82) is 0 Å². The number of hydrogen-bond donors (Lipinski definition) is 0. The summed E-state index contributed by atoms with van der Waals surface area (Å²) >= 11 is 1.68. The first kappa shape index (κ1) is 10.5. The number of aromatic nitrogens is 2. The first-order valence-electron chi connectivity index (χ1n) is 5.76. The minimum absolute atomic E-state index is 0.583. The van der Waals surface area contributed by atoms with E-state index in [2.05, 4.69) is 52.9 Å². The van der Waals surface area contributed by atoms with E-state index in [1.807, 2.05) is 12.4 Å². The highest BCUT2D eigenvalue weighted by Gasteiger charge is 2.06. The molecule has 0 saturated carbocycles. The van der Waals surface area contributed by atoms with Gasteiger partial charge in [0, 0.05) is 17.8 Å². The van der Waals surface area contributed by atoms with Gasteiger partial charge in [0.05, 0.1) is 5.69 Å². The fourth-order valence-corrected chi connectivity index (χ4v) is 2.83. The van der Waals surface area contributed by atoms with Crippen LogP contribution in [0.3, 0.4) is 0 Å². The van der Waals surface area contributed by atoms with Gasteiger partial charge in [0.2, 0.25) is 0 Å². The highest BCUT2D eigenvalue weighted by Crippen LogP contribution is 2.26. The normalized spacial score (nSPS) is 11.5. The molecular formula is C14H14N2S. The summed E-state index contributed by atoms with van der Waals surface area (Å²) in [5.74, 6) is 0.583. The zero-order chi connectivity index (χ0) is 11.8. The van der Waals surface area contributed by atoms with Crippen molar-refractivity contribution in [2.24, 2.45) is 0 Å². The summed E-state index contributed by atoms with van der Waals surface area (Å²) in [6.45, 7) is 4.43. The molecule has 3 heteroatoms. The van der Waals surface area contributed by atoms with Gasteiger partial charge in [-0.1, -0.05) is 38.1 Å². The molecule has 0 spiro atoms. The molecule has 0 aliphatic rings. The molecule has 17 heavy (non-hydrogen) atoms. The van der Waals surface area contributed by atoms with Gasteiger partial charge in [-0.05, 0) is 17.0 Å². The molecule has 0 aliphatic heterocycles. The van der Waals surface area contributed by atoms with E-state index in [9.17, 15) is 0 Å². The summed E-state index contributed by atoms with van der Waals surface area (Å²) < 4.78 is 2.13. The Labute approximate surface area is 105 Å². The van der Waals surface area contributed by atoms with Crippen molar-refractivity contribution in [3.8, 4) is 11.3 Å². The summed E-state index contributed by atoms with van der Waals surface area (Å²) in [6, 6.07) is 8.80. The fraction of sp³-hybridized carbons (Fsp3) is 0.214. The first-order valence-corrected chi connectivity index (χ1v) is 6.64. The van der Waals surface area contributed by atoms with E-state index in [0.29, 0.717) is 5.92 Å². The molecule has 2 nitrogen and oxygen atoms in total. The van der Waals surface area contributed by atoms with Crippen molar-refractivity contribution < 1.29 is 0 Å². The van der Waals surface area contributed by atoms with E-state index in [4.69, 9.17) is 0 Å². The molecule has 0 fully saturated rings. The Morgan fingerprint density at radius 3 is 2.65 bits per heavy atom. The molecule has 0 bridgehead atoms. The van der Waals surface area contributed by atoms with Crippen molar-refractivity contribution in [3.05, 3.63) is 47.6 Å². The molecule has 0 radical (unpaired) electrons. The molecule has 1 aromatic carbocycles. The molecule has 3 rings (SSSR count). The standard InChI is InChI=1S/C14H14N2S/c1-10(2)11-3-5-12(6-4-11)13-9-17-14-15-7-8-16(13)14/h3-10H,1-2H3. The summed E-state index contributed by atoms with van der Waals surface area (Å²) in [5.41, 5.74) is 3.85. The van der Waals surface area contributed by atoms with Gasteiger partial charge in [-0.3, -0.25) is 4.40 Å². The Hall–Kier alpha value is -1.61. The number of benzene rings is 1. The van der Waals surface area contributed by atoms with E-state index >= 15 is 0 Å². The van der Waals surface area contributed by atoms with Gasteiger partial charge in [0.1, 0.15) is 0 Å². The number of hydrogen-bond acceptors (Lipinski definition) is 2. The lowest BCUT2D eigenvalue weighted by atomic mass is 10.0. The van der Waals surface area contributed by atoms with Crippen LogP contribution in [0, 0.1) is 0 Å². The van der Waals surface area contributed by atoms with Crippen LogP contribution in [-0.2, 0) is 0 Å². The van der Waals surface area contributed by atoms with Crippen molar-refractivity contribution in [3.63, 3.8) is 0 Å². The van der Waals surface area contributed by atoms with Crippen LogP contribution in [0.15, 0.2) is 42.0 Å². The molecule has 0 amide bonds. The average Bonchev–Trinajstić information content (AvgIpc) is 2.90. The van der Waals surface area contributed by atoms with Crippen LogP contribution in [0.25, 0.3) is 16.2 Å². The van der Waals surface area contributed by atoms with E-state index in [0.717, 1.165) is 4.96 Å². The number of thiazole rings is 1. The second-order valence-corrected chi connectivity index (χ2v) is 5.31. The van der Waals surface area contributed by atoms with Gasteiger partial charge in [0.15, 0.2) is 4.96 Å². The van der Waals surface area contributed by atoms with Crippen LogP contribution in [0.1, 0.15) is 25.3 Å². The Morgan fingerprint density at radius 2 is 1.94 bits per heavy atom. The molecular weight excluding hydrogens is 228 g/mol. The van der Waals surface area contributed by atoms with Gasteiger partial charge in [-0.25, -0.2) is 4.98 Å². The van der Waals surface area contributed by atoms with Gasteiger partial charge in [-0.15, -0.1) is 11.3 Å². The second-order valence-electron chi connectivity index (χ2n) is 4.48. The van der Waals surface area contributed by atoms with Crippen molar-refractivity contribution in [2.75, 3.05) is 0 Å². The fourth-order valence-electron chi connectivity index (χ4n) is 1.97. The highest BCUT2D eigenvalue weighted by molar-refractivity contribution is 7.15. The predicted molar refractivity (Wildman–Crippen MR) is 72.6 cm³/mol. The van der Waals surface area contributed by atoms with Crippen LogP contribution < -0.4 is 0 Å². The minimum Gasteiger partial charge on any atom is -0.290 e. The van der Waals surface area contributed by atoms with Crippen LogP contribution in [0.2, 0.25) is 0 Å². The van der Waals surface area contributed by atoms with Crippen molar-refractivity contribution in [1.82, 2.24) is 9.38 Å². The van der Waals surface area contributed by atoms with Gasteiger partial charge >= 0.3 is 0 Å². The molecule has 86 valence electrons. The minimum atomic E-state index is 0.583. The molecule has 3 aromatic rings. The van der Waals surface area contributed by atoms with Crippen LogP contribution in [0.4, 0.5) is 0 Å². The number of nitrogens with zero attached hydrogens (tertiary/aromatic N) is 2. The van der Waals surface area contributed by atoms with E-state index in [1.165, 1.54) is 16.8 Å². The number of rotatable bonds is 2. The summed E-state index contributed by atoms with van der Waals surface area (Å²) in [5, 5.41) is 2.16. The Balaban J connectivity index is 2.07. The van der Waals surface area contributed by atoms with Gasteiger partial charge < -0.3 is 0 Å². The highest BCUT2D eigenvalue weighted by atomic mass is 32.1. The second kappa shape index (κ2) is 4.00. The zero-order valence-electron chi connectivity index (χ0n) is 9.92. The third-order valence-corrected chi connectivity index (χ3v) is 3.87. The quantitative estimate of drug-likeness (QED) is 0.658. The topological polar surface area (TPSA) is 17.3 Å². The third-order valence-electron chi connectivity index (χ3n) is 3.02. The van der Waals surface area contributed by atoms with Crippen molar-refractivity contribution >= 4 is 16.3 Å². The van der Waals surface area contributed by atoms with E-state index in [1.54, 1.807) is 11.3 Å². The molecule has 0 N–H and O–H groups in total. The molecule has 2 aromatic heterocycles. The Morgan fingerprint density at radius 1 is 1.18 bits per heavy atom. The zero-order valence-corrected chi connectivity index (χ0v) is 10.7. The average molecular weight is 242 g/mol. The Bertz CT molecular complexity index is 632. The third kappa shape index (κ3) is 1.76. The molecule has 0 unspecified atom stereocenters. The molecule has 2 heterocycles. The van der Waals surface area contributed by atoms with Gasteiger partial charge in [-0.2, -0.15) is 0 Å². The summed E-state index contributed by atoms with van der Waals surface area (Å²) in [4.78, 5) is 5.34. The first-order chi connectivity index (χ1) is 8.25. The number of fused-ring (bicyclic) bond motifs is 1. The summed E-state index contributed by atoms with van der Waals surface area (Å²) in [6.07, 6.45) is 3.86. The van der Waals surface area contributed by atoms with Crippen LogP contribution >= 0.6 is 11.3 Å². The van der Waals surface area contributed by atoms with Crippen LogP contribution in [0.5, 0.6) is 0 Å². The molecule has 0 saturated heterocycles. The molecule has 0 atom stereocenters. The largest absolute Gasteiger partial charge is 0.290 e. The SMILES string of the molecule is CC(C)c1ccc(-c2csc3nccn23)cc1. The van der Waals surface area contributed by atoms with E-state index in [-0.39, 0.29) is 0 Å². The number of imidazole rings is 1. The monoisotopic (exact) mass is 242 g/mol. The smallest absolute Gasteiger partial charge is 0.194 e. The maximum Gasteiger partial charge on any atom is 0.194 e.